The van der Waals surface area contributed by atoms with Crippen LogP contribution in [-0.4, -0.2) is 29.8 Å². The number of rotatable bonds is 3. The summed E-state index contributed by atoms with van der Waals surface area (Å²) in [5.41, 5.74) is 2.00. The highest BCUT2D eigenvalue weighted by Gasteiger charge is 2.42. The second-order valence-corrected chi connectivity index (χ2v) is 8.23. The number of carbonyl (C=O) groups excluding carboxylic acids is 1. The summed E-state index contributed by atoms with van der Waals surface area (Å²) in [5.74, 6) is 0.994. The van der Waals surface area contributed by atoms with Gasteiger partial charge in [0.1, 0.15) is 5.75 Å². The molecule has 2 aliphatic carbocycles. The van der Waals surface area contributed by atoms with E-state index >= 15 is 0 Å². The first kappa shape index (κ1) is 18.5. The van der Waals surface area contributed by atoms with Gasteiger partial charge in [0.05, 0.1) is 29.8 Å². The van der Waals surface area contributed by atoms with Gasteiger partial charge in [-0.3, -0.25) is 4.79 Å². The van der Waals surface area contributed by atoms with Crippen LogP contribution in [0.2, 0.25) is 5.02 Å². The van der Waals surface area contributed by atoms with Crippen LogP contribution in [0.15, 0.2) is 35.5 Å². The number of halogens is 1. The Kier molecular flexibility index (Phi) is 5.53. The first-order valence-electron chi connectivity index (χ1n) is 10.1. The number of carbonyl (C=O) groups is 1. The molecule has 2 atom stereocenters. The lowest BCUT2D eigenvalue weighted by Crippen LogP contribution is -2.49. The molecule has 1 fully saturated rings. The van der Waals surface area contributed by atoms with Gasteiger partial charge in [0.15, 0.2) is 0 Å². The number of nitrogens with zero attached hydrogens (tertiary/aromatic N) is 2. The van der Waals surface area contributed by atoms with Gasteiger partial charge in [-0.05, 0) is 49.4 Å². The SMILES string of the molecule is COc1ccc(C2=NN(C3CCCCCC3)C(=O)[C@@H]3CC=CC[C@H]23)cc1Cl. The van der Waals surface area contributed by atoms with Crippen molar-refractivity contribution in [1.82, 2.24) is 5.01 Å². The largest absolute Gasteiger partial charge is 0.495 e. The molecule has 4 nitrogen and oxygen atoms in total. The molecule has 1 aromatic rings. The third-order valence-electron chi connectivity index (χ3n) is 6.16. The zero-order valence-corrected chi connectivity index (χ0v) is 16.6. The van der Waals surface area contributed by atoms with Gasteiger partial charge >= 0.3 is 0 Å². The number of hydrazone groups is 1. The molecule has 5 heteroatoms. The van der Waals surface area contributed by atoms with E-state index in [1.165, 1.54) is 25.7 Å². The molecule has 0 N–H and O–H groups in total. The molecular formula is C22H27ClN2O2. The summed E-state index contributed by atoms with van der Waals surface area (Å²) in [5, 5.41) is 7.36. The highest BCUT2D eigenvalue weighted by molar-refractivity contribution is 6.32. The van der Waals surface area contributed by atoms with Crippen LogP contribution < -0.4 is 4.74 Å². The van der Waals surface area contributed by atoms with Gasteiger partial charge in [0, 0.05) is 5.92 Å². The Morgan fingerprint density at radius 3 is 2.44 bits per heavy atom. The topological polar surface area (TPSA) is 41.9 Å². The van der Waals surface area contributed by atoms with Gasteiger partial charge in [-0.1, -0.05) is 49.4 Å². The van der Waals surface area contributed by atoms with Crippen LogP contribution >= 0.6 is 11.6 Å². The summed E-state index contributed by atoms with van der Waals surface area (Å²) in [4.78, 5) is 13.3. The van der Waals surface area contributed by atoms with Crippen molar-refractivity contribution in [1.29, 1.82) is 0 Å². The highest BCUT2D eigenvalue weighted by Crippen LogP contribution is 2.38. The summed E-state index contributed by atoms with van der Waals surface area (Å²) < 4.78 is 5.29. The Bertz CT molecular complexity index is 766. The Labute approximate surface area is 166 Å². The summed E-state index contributed by atoms with van der Waals surface area (Å²) >= 11 is 6.38. The molecular weight excluding hydrogens is 360 g/mol. The van der Waals surface area contributed by atoms with E-state index in [0.717, 1.165) is 37.0 Å². The molecule has 1 aliphatic heterocycles. The minimum absolute atomic E-state index is 0.00775. The van der Waals surface area contributed by atoms with Gasteiger partial charge in [-0.25, -0.2) is 5.01 Å². The molecule has 1 aromatic carbocycles. The third-order valence-corrected chi connectivity index (χ3v) is 6.46. The van der Waals surface area contributed by atoms with Crippen LogP contribution in [0.25, 0.3) is 0 Å². The maximum atomic E-state index is 13.3. The number of allylic oxidation sites excluding steroid dienone is 2. The third kappa shape index (κ3) is 3.64. The first-order valence-corrected chi connectivity index (χ1v) is 10.5. The average molecular weight is 387 g/mol. The molecule has 0 unspecified atom stereocenters. The van der Waals surface area contributed by atoms with Crippen LogP contribution in [0, 0.1) is 11.8 Å². The van der Waals surface area contributed by atoms with Crippen molar-refractivity contribution in [3.63, 3.8) is 0 Å². The lowest BCUT2D eigenvalue weighted by molar-refractivity contribution is -0.140. The van der Waals surface area contributed by atoms with E-state index < -0.39 is 0 Å². The number of fused-ring (bicyclic) bond motifs is 1. The average Bonchev–Trinajstić information content (AvgIpc) is 2.98. The minimum Gasteiger partial charge on any atom is -0.495 e. The molecule has 1 amide bonds. The van der Waals surface area contributed by atoms with E-state index in [1.807, 2.05) is 23.2 Å². The molecule has 144 valence electrons. The molecule has 0 radical (unpaired) electrons. The molecule has 1 saturated carbocycles. The summed E-state index contributed by atoms with van der Waals surface area (Å²) in [6, 6.07) is 6.06. The van der Waals surface area contributed by atoms with E-state index in [1.54, 1.807) is 7.11 Å². The van der Waals surface area contributed by atoms with Crippen LogP contribution in [0.1, 0.15) is 56.9 Å². The van der Waals surface area contributed by atoms with Crippen LogP contribution in [0.5, 0.6) is 5.75 Å². The van der Waals surface area contributed by atoms with Crippen molar-refractivity contribution < 1.29 is 9.53 Å². The van der Waals surface area contributed by atoms with E-state index in [4.69, 9.17) is 21.4 Å². The minimum atomic E-state index is -0.00775. The highest BCUT2D eigenvalue weighted by atomic mass is 35.5. The second kappa shape index (κ2) is 8.05. The smallest absolute Gasteiger partial charge is 0.247 e. The summed E-state index contributed by atoms with van der Waals surface area (Å²) in [7, 11) is 1.62. The van der Waals surface area contributed by atoms with Crippen LogP contribution in [0.4, 0.5) is 0 Å². The molecule has 27 heavy (non-hydrogen) atoms. The lowest BCUT2D eigenvalue weighted by atomic mass is 9.76. The van der Waals surface area contributed by atoms with E-state index in [2.05, 4.69) is 12.2 Å². The van der Waals surface area contributed by atoms with Gasteiger partial charge in [-0.2, -0.15) is 5.10 Å². The predicted molar refractivity (Wildman–Crippen MR) is 108 cm³/mol. The fourth-order valence-corrected chi connectivity index (χ4v) is 4.92. The van der Waals surface area contributed by atoms with Crippen molar-refractivity contribution in [2.75, 3.05) is 7.11 Å². The Balaban J connectivity index is 1.73. The summed E-state index contributed by atoms with van der Waals surface area (Å²) in [6.07, 6.45) is 13.0. The van der Waals surface area contributed by atoms with E-state index in [9.17, 15) is 4.79 Å². The first-order chi connectivity index (χ1) is 13.2. The molecule has 0 spiro atoms. The van der Waals surface area contributed by atoms with Gasteiger partial charge in [0.2, 0.25) is 5.91 Å². The number of benzene rings is 1. The molecule has 3 aliphatic rings. The van der Waals surface area contributed by atoms with E-state index in [-0.39, 0.29) is 23.8 Å². The summed E-state index contributed by atoms with van der Waals surface area (Å²) in [6.45, 7) is 0. The maximum Gasteiger partial charge on any atom is 0.247 e. The zero-order chi connectivity index (χ0) is 18.8. The van der Waals surface area contributed by atoms with Gasteiger partial charge < -0.3 is 4.74 Å². The molecule has 0 bridgehead atoms. The standard InChI is InChI=1S/C22H27ClN2O2/c1-27-20-13-12-15(14-19(20)23)21-17-10-6-7-11-18(17)22(26)25(24-21)16-8-4-2-3-5-9-16/h6-7,12-14,16-18H,2-5,8-11H2,1H3/t17-,18+/m0/s1. The van der Waals surface area contributed by atoms with Crippen molar-refractivity contribution in [2.24, 2.45) is 16.9 Å². The van der Waals surface area contributed by atoms with Crippen molar-refractivity contribution in [2.45, 2.75) is 57.4 Å². The van der Waals surface area contributed by atoms with E-state index in [0.29, 0.717) is 10.8 Å². The van der Waals surface area contributed by atoms with Crippen molar-refractivity contribution in [3.8, 4) is 5.75 Å². The second-order valence-electron chi connectivity index (χ2n) is 7.82. The van der Waals surface area contributed by atoms with Gasteiger partial charge in [0.25, 0.3) is 0 Å². The van der Waals surface area contributed by atoms with Crippen molar-refractivity contribution in [3.05, 3.63) is 40.9 Å². The zero-order valence-electron chi connectivity index (χ0n) is 15.9. The number of amides is 1. The predicted octanol–water partition coefficient (Wildman–Crippen LogP) is 5.20. The van der Waals surface area contributed by atoms with Gasteiger partial charge in [-0.15, -0.1) is 0 Å². The molecule has 1 heterocycles. The quantitative estimate of drug-likeness (QED) is 0.529. The van der Waals surface area contributed by atoms with Crippen molar-refractivity contribution >= 4 is 23.2 Å². The number of hydrogen-bond acceptors (Lipinski definition) is 3. The number of methoxy groups -OCH3 is 1. The number of hydrogen-bond donors (Lipinski definition) is 0. The normalized spacial score (nSPS) is 26.4. The lowest BCUT2D eigenvalue weighted by Gasteiger charge is -2.40. The van der Waals surface area contributed by atoms with Crippen LogP contribution in [0.3, 0.4) is 0 Å². The fraction of sp³-hybridized carbons (Fsp3) is 0.545. The Hall–Kier alpha value is -1.81. The van der Waals surface area contributed by atoms with Crippen LogP contribution in [-0.2, 0) is 4.79 Å². The molecule has 0 saturated heterocycles. The fourth-order valence-electron chi connectivity index (χ4n) is 4.66. The maximum absolute atomic E-state index is 13.3. The number of ether oxygens (including phenoxy) is 1. The Morgan fingerprint density at radius 1 is 1.07 bits per heavy atom. The monoisotopic (exact) mass is 386 g/mol. The Morgan fingerprint density at radius 2 is 1.78 bits per heavy atom. The molecule has 4 rings (SSSR count). The molecule has 0 aromatic heterocycles.